The molecule has 0 spiro atoms. The number of anilines is 1. The zero-order chi connectivity index (χ0) is 17.6. The third kappa shape index (κ3) is 6.12. The molecule has 0 bridgehead atoms. The number of urea groups is 1. The highest BCUT2D eigenvalue weighted by Crippen LogP contribution is 2.20. The Bertz CT molecular complexity index is 521. The smallest absolute Gasteiger partial charge is 0.321 e. The van der Waals surface area contributed by atoms with Crippen molar-refractivity contribution in [1.82, 2.24) is 4.90 Å². The second kappa shape index (κ2) is 8.79. The minimum atomic E-state index is -1.58. The first kappa shape index (κ1) is 19.3. The maximum Gasteiger partial charge on any atom is 0.321 e. The largest absolute Gasteiger partial charge is 0.325 e. The van der Waals surface area contributed by atoms with Gasteiger partial charge in [0.25, 0.3) is 0 Å². The van der Waals surface area contributed by atoms with Crippen molar-refractivity contribution < 1.29 is 18.0 Å². The first-order chi connectivity index (χ1) is 10.7. The van der Waals surface area contributed by atoms with E-state index >= 15 is 0 Å². The second-order valence-electron chi connectivity index (χ2n) is 6.51. The fourth-order valence-electron chi connectivity index (χ4n) is 1.96. The van der Waals surface area contributed by atoms with Gasteiger partial charge in [0.1, 0.15) is 0 Å². The second-order valence-corrected chi connectivity index (χ2v) is 6.51. The highest BCUT2D eigenvalue weighted by atomic mass is 19.2. The van der Waals surface area contributed by atoms with Gasteiger partial charge in [-0.3, -0.25) is 0 Å². The van der Waals surface area contributed by atoms with E-state index in [0.717, 1.165) is 25.0 Å². The van der Waals surface area contributed by atoms with Gasteiger partial charge in [0, 0.05) is 13.1 Å². The predicted octanol–water partition coefficient (Wildman–Crippen LogP) is 5.03. The van der Waals surface area contributed by atoms with E-state index in [4.69, 9.17) is 0 Å². The van der Waals surface area contributed by atoms with Crippen LogP contribution in [0.25, 0.3) is 0 Å². The molecule has 1 rings (SSSR count). The van der Waals surface area contributed by atoms with E-state index < -0.39 is 23.5 Å². The summed E-state index contributed by atoms with van der Waals surface area (Å²) in [4.78, 5) is 13.9. The molecule has 1 aromatic carbocycles. The number of rotatable bonds is 7. The Balaban J connectivity index is 2.81. The molecule has 6 heteroatoms. The van der Waals surface area contributed by atoms with Gasteiger partial charge in [-0.15, -0.1) is 0 Å². The minimum Gasteiger partial charge on any atom is -0.325 e. The molecule has 0 aromatic heterocycles. The number of benzene rings is 1. The summed E-state index contributed by atoms with van der Waals surface area (Å²) in [6.07, 6.45) is 1.62. The van der Waals surface area contributed by atoms with Crippen molar-refractivity contribution in [2.45, 2.75) is 40.5 Å². The summed E-state index contributed by atoms with van der Waals surface area (Å²) < 4.78 is 39.8. The van der Waals surface area contributed by atoms with Crippen molar-refractivity contribution in [2.75, 3.05) is 18.4 Å². The number of halogens is 3. The monoisotopic (exact) mass is 330 g/mol. The van der Waals surface area contributed by atoms with Crippen molar-refractivity contribution in [3.05, 3.63) is 29.6 Å². The van der Waals surface area contributed by atoms with E-state index in [2.05, 4.69) is 5.32 Å². The average Bonchev–Trinajstić information content (AvgIpc) is 2.47. The molecule has 23 heavy (non-hydrogen) atoms. The molecule has 1 aromatic rings. The number of hydrogen-bond acceptors (Lipinski definition) is 1. The van der Waals surface area contributed by atoms with Gasteiger partial charge in [-0.25, -0.2) is 18.0 Å². The number of nitrogens with one attached hydrogen (secondary N) is 1. The van der Waals surface area contributed by atoms with Crippen LogP contribution < -0.4 is 5.32 Å². The number of carbonyl (C=O) groups is 1. The Kier molecular flexibility index (Phi) is 7.39. The van der Waals surface area contributed by atoms with Crippen molar-refractivity contribution in [1.29, 1.82) is 0 Å². The minimum absolute atomic E-state index is 0.354. The van der Waals surface area contributed by atoms with Gasteiger partial charge >= 0.3 is 6.03 Å². The lowest BCUT2D eigenvalue weighted by molar-refractivity contribution is 0.205. The Morgan fingerprint density at radius 3 is 2.00 bits per heavy atom. The highest BCUT2D eigenvalue weighted by molar-refractivity contribution is 5.89. The zero-order valence-corrected chi connectivity index (χ0v) is 14.1. The lowest BCUT2D eigenvalue weighted by atomic mass is 10.1. The van der Waals surface area contributed by atoms with Gasteiger partial charge in [-0.1, -0.05) is 27.7 Å². The zero-order valence-electron chi connectivity index (χ0n) is 14.1. The van der Waals surface area contributed by atoms with Crippen molar-refractivity contribution in [2.24, 2.45) is 11.8 Å². The quantitative estimate of drug-likeness (QED) is 0.699. The van der Waals surface area contributed by atoms with Crippen LogP contribution in [0.4, 0.5) is 23.7 Å². The van der Waals surface area contributed by atoms with Crippen molar-refractivity contribution in [3.8, 4) is 0 Å². The molecular formula is C17H25F3N2O. The van der Waals surface area contributed by atoms with Crippen LogP contribution in [0.3, 0.4) is 0 Å². The third-order valence-electron chi connectivity index (χ3n) is 3.52. The summed E-state index contributed by atoms with van der Waals surface area (Å²) in [5.41, 5.74) is -0.354. The van der Waals surface area contributed by atoms with E-state index in [-0.39, 0.29) is 5.69 Å². The molecule has 0 aliphatic rings. The Hall–Kier alpha value is -1.72. The summed E-state index contributed by atoms with van der Waals surface area (Å²) in [7, 11) is 0. The maximum absolute atomic E-state index is 13.7. The van der Waals surface area contributed by atoms with Crippen LogP contribution in [0.2, 0.25) is 0 Å². The molecule has 0 aliphatic carbocycles. The van der Waals surface area contributed by atoms with Gasteiger partial charge in [0.15, 0.2) is 17.5 Å². The summed E-state index contributed by atoms with van der Waals surface area (Å²) in [6, 6.07) is 1.31. The molecule has 0 unspecified atom stereocenters. The van der Waals surface area contributed by atoms with Crippen LogP contribution in [0, 0.1) is 29.3 Å². The normalized spacial score (nSPS) is 11.2. The molecule has 0 atom stereocenters. The highest BCUT2D eigenvalue weighted by Gasteiger charge is 2.19. The van der Waals surface area contributed by atoms with Gasteiger partial charge < -0.3 is 10.2 Å². The Morgan fingerprint density at radius 2 is 1.52 bits per heavy atom. The number of hydrogen-bond donors (Lipinski definition) is 1. The molecule has 0 aliphatic heterocycles. The molecule has 130 valence electrons. The SMILES string of the molecule is CC(C)CCN(CCC(C)C)C(=O)Nc1ccc(F)c(F)c1F. The molecule has 0 heterocycles. The van der Waals surface area contributed by atoms with Gasteiger partial charge in [-0.05, 0) is 36.8 Å². The van der Waals surface area contributed by atoms with E-state index in [9.17, 15) is 18.0 Å². The Morgan fingerprint density at radius 1 is 1.00 bits per heavy atom. The Labute approximate surface area is 135 Å². The average molecular weight is 330 g/mol. The fraction of sp³-hybridized carbons (Fsp3) is 0.588. The fourth-order valence-corrected chi connectivity index (χ4v) is 1.96. The molecule has 3 nitrogen and oxygen atoms in total. The summed E-state index contributed by atoms with van der Waals surface area (Å²) >= 11 is 0. The molecule has 0 fully saturated rings. The third-order valence-corrected chi connectivity index (χ3v) is 3.52. The van der Waals surface area contributed by atoms with Gasteiger partial charge in [0.05, 0.1) is 5.69 Å². The maximum atomic E-state index is 13.7. The first-order valence-corrected chi connectivity index (χ1v) is 7.91. The van der Waals surface area contributed by atoms with Crippen molar-refractivity contribution >= 4 is 11.7 Å². The molecule has 2 amide bonds. The molecule has 0 radical (unpaired) electrons. The molecule has 1 N–H and O–H groups in total. The predicted molar refractivity (Wildman–Crippen MR) is 85.8 cm³/mol. The van der Waals surface area contributed by atoms with Crippen LogP contribution in [0.15, 0.2) is 12.1 Å². The van der Waals surface area contributed by atoms with Crippen LogP contribution in [-0.4, -0.2) is 24.0 Å². The van der Waals surface area contributed by atoms with Crippen molar-refractivity contribution in [3.63, 3.8) is 0 Å². The number of amides is 2. The summed E-state index contributed by atoms with van der Waals surface area (Å²) in [6.45, 7) is 9.26. The standard InChI is InChI=1S/C17H25F3N2O/c1-11(2)7-9-22(10-8-12(3)4)17(23)21-14-6-5-13(18)15(19)16(14)20/h5-6,11-12H,7-10H2,1-4H3,(H,21,23). The first-order valence-electron chi connectivity index (χ1n) is 7.91. The number of carbonyl (C=O) groups excluding carboxylic acids is 1. The van der Waals surface area contributed by atoms with Crippen LogP contribution in [0.5, 0.6) is 0 Å². The van der Waals surface area contributed by atoms with E-state index in [1.165, 1.54) is 0 Å². The van der Waals surface area contributed by atoms with Crippen LogP contribution >= 0.6 is 0 Å². The molecular weight excluding hydrogens is 305 g/mol. The topological polar surface area (TPSA) is 32.3 Å². The van der Waals surface area contributed by atoms with Crippen LogP contribution in [-0.2, 0) is 0 Å². The number of nitrogens with zero attached hydrogens (tertiary/aromatic N) is 1. The lowest BCUT2D eigenvalue weighted by Gasteiger charge is -2.25. The van der Waals surface area contributed by atoms with E-state index in [0.29, 0.717) is 24.9 Å². The van der Waals surface area contributed by atoms with E-state index in [1.54, 1.807) is 4.90 Å². The van der Waals surface area contributed by atoms with E-state index in [1.807, 2.05) is 27.7 Å². The van der Waals surface area contributed by atoms with Crippen LogP contribution in [0.1, 0.15) is 40.5 Å². The van der Waals surface area contributed by atoms with Gasteiger partial charge in [-0.2, -0.15) is 0 Å². The summed E-state index contributed by atoms with van der Waals surface area (Å²) in [5.74, 6) is -3.41. The summed E-state index contributed by atoms with van der Waals surface area (Å²) in [5, 5.41) is 2.33. The molecule has 0 saturated carbocycles. The molecule has 0 saturated heterocycles. The lowest BCUT2D eigenvalue weighted by Crippen LogP contribution is -2.37. The van der Waals surface area contributed by atoms with Gasteiger partial charge in [0.2, 0.25) is 0 Å².